The van der Waals surface area contributed by atoms with Crippen molar-refractivity contribution in [2.45, 2.75) is 31.2 Å². The van der Waals surface area contributed by atoms with Crippen LogP contribution < -0.4 is 14.8 Å². The smallest absolute Gasteiger partial charge is 0.417 e. The number of methoxy groups -OCH3 is 1. The van der Waals surface area contributed by atoms with E-state index in [0.29, 0.717) is 17.5 Å². The summed E-state index contributed by atoms with van der Waals surface area (Å²) in [6, 6.07) is 8.46. The molecule has 1 heterocycles. The minimum Gasteiger partial charge on any atom is -0.497 e. The van der Waals surface area contributed by atoms with Crippen molar-refractivity contribution >= 4 is 5.91 Å². The first-order chi connectivity index (χ1) is 14.6. The number of nitrogens with zero attached hydrogens (tertiary/aromatic N) is 1. The molecule has 1 saturated carbocycles. The van der Waals surface area contributed by atoms with Crippen molar-refractivity contribution in [2.24, 2.45) is 5.41 Å². The van der Waals surface area contributed by atoms with Crippen LogP contribution in [0.2, 0.25) is 0 Å². The Bertz CT molecular complexity index is 877. The average molecular weight is 440 g/mol. The lowest BCUT2D eigenvalue weighted by Gasteiger charge is -2.29. The minimum atomic E-state index is -4.50. The molecular weight excluding hydrogens is 417 g/mol. The van der Waals surface area contributed by atoms with Gasteiger partial charge in [0.05, 0.1) is 31.5 Å². The van der Waals surface area contributed by atoms with Gasteiger partial charge in [0.15, 0.2) is 0 Å². The molecule has 2 aromatic rings. The largest absolute Gasteiger partial charge is 0.497 e. The number of alkyl halides is 3. The number of carbonyl (C=O) groups excluding carboxylic acids is 1. The second-order valence-corrected chi connectivity index (χ2v) is 7.63. The van der Waals surface area contributed by atoms with Gasteiger partial charge in [-0.25, -0.2) is 4.98 Å². The molecule has 3 rings (SSSR count). The number of amides is 1. The number of hydrogen-bond donors (Lipinski definition) is 3. The van der Waals surface area contributed by atoms with E-state index in [2.05, 4.69) is 10.3 Å². The van der Waals surface area contributed by atoms with E-state index in [1.54, 1.807) is 24.3 Å². The molecule has 0 radical (unpaired) electrons. The molecule has 1 amide bonds. The van der Waals surface area contributed by atoms with E-state index in [0.717, 1.165) is 12.1 Å². The number of aliphatic hydroxyl groups excluding tert-OH is 2. The fraction of sp³-hybridized carbons (Fsp3) is 0.429. The Morgan fingerprint density at radius 2 is 1.81 bits per heavy atom. The van der Waals surface area contributed by atoms with Gasteiger partial charge >= 0.3 is 6.18 Å². The summed E-state index contributed by atoms with van der Waals surface area (Å²) in [7, 11) is 1.51. The number of hydrogen-bond acceptors (Lipinski definition) is 6. The number of carbonyl (C=O) groups is 1. The number of aromatic nitrogens is 1. The van der Waals surface area contributed by atoms with Crippen molar-refractivity contribution in [3.63, 3.8) is 0 Å². The molecular formula is C21H23F3N2O5. The SMILES string of the molecule is COc1ccc(C(=O)NCC2(COc3ccc(C(F)(F)F)cn3)CC(O)C(O)C2)cc1. The number of nitrogens with one attached hydrogen (secondary N) is 1. The Kier molecular flexibility index (Phi) is 6.71. The summed E-state index contributed by atoms with van der Waals surface area (Å²) in [6.07, 6.45) is -5.52. The topological polar surface area (TPSA) is 101 Å². The molecule has 3 N–H and O–H groups in total. The Balaban J connectivity index is 1.66. The third-order valence-electron chi connectivity index (χ3n) is 5.29. The van der Waals surface area contributed by atoms with Gasteiger partial charge in [-0.1, -0.05) is 0 Å². The van der Waals surface area contributed by atoms with Crippen LogP contribution in [-0.4, -0.2) is 53.6 Å². The number of aliphatic hydroxyl groups is 2. The standard InChI is InChI=1S/C21H23F3N2O5/c1-30-15-5-2-13(3-6-15)19(29)26-11-20(8-16(27)17(28)9-20)12-31-18-7-4-14(10-25-18)21(22,23)24/h2-7,10,16-17,27-28H,8-9,11-12H2,1H3,(H,26,29). The number of pyridine rings is 1. The Morgan fingerprint density at radius 3 is 2.32 bits per heavy atom. The summed E-state index contributed by atoms with van der Waals surface area (Å²) in [5.41, 5.74) is -1.31. The molecule has 2 atom stereocenters. The summed E-state index contributed by atoms with van der Waals surface area (Å²) in [5, 5.41) is 22.8. The summed E-state index contributed by atoms with van der Waals surface area (Å²) >= 11 is 0. The second-order valence-electron chi connectivity index (χ2n) is 7.63. The van der Waals surface area contributed by atoms with Crippen molar-refractivity contribution in [3.05, 3.63) is 53.7 Å². The molecule has 168 valence electrons. The van der Waals surface area contributed by atoms with Crippen LogP contribution in [0.25, 0.3) is 0 Å². The summed E-state index contributed by atoms with van der Waals surface area (Å²) in [5.74, 6) is 0.225. The van der Waals surface area contributed by atoms with E-state index >= 15 is 0 Å². The maximum atomic E-state index is 12.7. The highest BCUT2D eigenvalue weighted by molar-refractivity contribution is 5.94. The first-order valence-corrected chi connectivity index (χ1v) is 9.56. The van der Waals surface area contributed by atoms with Crippen LogP contribution >= 0.6 is 0 Å². The van der Waals surface area contributed by atoms with Crippen LogP contribution in [0.1, 0.15) is 28.8 Å². The Hall–Kier alpha value is -2.85. The number of halogens is 3. The molecule has 1 fully saturated rings. The van der Waals surface area contributed by atoms with E-state index in [1.807, 2.05) is 0 Å². The monoisotopic (exact) mass is 440 g/mol. The van der Waals surface area contributed by atoms with Gasteiger partial charge in [-0.2, -0.15) is 13.2 Å². The molecule has 0 aliphatic heterocycles. The van der Waals surface area contributed by atoms with Crippen molar-refractivity contribution < 1.29 is 37.7 Å². The first-order valence-electron chi connectivity index (χ1n) is 9.56. The number of ether oxygens (including phenoxy) is 2. The molecule has 7 nitrogen and oxygen atoms in total. The predicted octanol–water partition coefficient (Wildman–Crippen LogP) is 2.42. The van der Waals surface area contributed by atoms with Gasteiger partial charge in [-0.15, -0.1) is 0 Å². The normalized spacial score (nSPS) is 23.4. The molecule has 1 aliphatic rings. The zero-order valence-corrected chi connectivity index (χ0v) is 16.7. The van der Waals surface area contributed by atoms with Crippen molar-refractivity contribution in [2.75, 3.05) is 20.3 Å². The lowest BCUT2D eigenvalue weighted by atomic mass is 9.86. The molecule has 2 unspecified atom stereocenters. The maximum absolute atomic E-state index is 12.7. The van der Waals surface area contributed by atoms with Gasteiger partial charge in [0.1, 0.15) is 5.75 Å². The lowest BCUT2D eigenvalue weighted by molar-refractivity contribution is -0.137. The molecule has 1 aliphatic carbocycles. The third-order valence-corrected chi connectivity index (χ3v) is 5.29. The highest BCUT2D eigenvalue weighted by atomic mass is 19.4. The summed E-state index contributed by atoms with van der Waals surface area (Å²) in [6.45, 7) is 0.0367. The van der Waals surface area contributed by atoms with Gasteiger partial charge < -0.3 is 25.0 Å². The fourth-order valence-corrected chi connectivity index (χ4v) is 3.53. The van der Waals surface area contributed by atoms with E-state index in [1.165, 1.54) is 7.11 Å². The highest BCUT2D eigenvalue weighted by Crippen LogP contribution is 2.39. The van der Waals surface area contributed by atoms with Crippen LogP contribution in [-0.2, 0) is 6.18 Å². The van der Waals surface area contributed by atoms with Gasteiger partial charge in [-0.3, -0.25) is 4.79 Å². The van der Waals surface area contributed by atoms with Crippen molar-refractivity contribution in [1.82, 2.24) is 10.3 Å². The van der Waals surface area contributed by atoms with Gasteiger partial charge in [0, 0.05) is 29.8 Å². The molecule has 10 heteroatoms. The van der Waals surface area contributed by atoms with Crippen LogP contribution in [0.15, 0.2) is 42.6 Å². The van der Waals surface area contributed by atoms with Gasteiger partial charge in [0.2, 0.25) is 5.88 Å². The Labute approximate surface area is 176 Å². The molecule has 31 heavy (non-hydrogen) atoms. The molecule has 0 bridgehead atoms. The molecule has 1 aromatic heterocycles. The fourth-order valence-electron chi connectivity index (χ4n) is 3.53. The zero-order chi connectivity index (χ0) is 22.6. The maximum Gasteiger partial charge on any atom is 0.417 e. The quantitative estimate of drug-likeness (QED) is 0.612. The summed E-state index contributed by atoms with van der Waals surface area (Å²) in [4.78, 5) is 16.1. The van der Waals surface area contributed by atoms with Gasteiger partial charge in [0.25, 0.3) is 5.91 Å². The van der Waals surface area contributed by atoms with E-state index in [-0.39, 0.29) is 37.8 Å². The van der Waals surface area contributed by atoms with Crippen LogP contribution in [0.4, 0.5) is 13.2 Å². The molecule has 1 aromatic carbocycles. The van der Waals surface area contributed by atoms with E-state index < -0.39 is 29.4 Å². The second kappa shape index (κ2) is 9.11. The molecule has 0 spiro atoms. The van der Waals surface area contributed by atoms with Gasteiger partial charge in [-0.05, 0) is 43.2 Å². The van der Waals surface area contributed by atoms with E-state index in [9.17, 15) is 28.2 Å². The first kappa shape index (κ1) is 22.8. The van der Waals surface area contributed by atoms with Crippen LogP contribution in [0.5, 0.6) is 11.6 Å². The number of benzene rings is 1. The number of rotatable bonds is 7. The minimum absolute atomic E-state index is 0.0234. The lowest BCUT2D eigenvalue weighted by Crippen LogP contribution is -2.40. The Morgan fingerprint density at radius 1 is 1.16 bits per heavy atom. The van der Waals surface area contributed by atoms with Crippen LogP contribution in [0, 0.1) is 5.41 Å². The van der Waals surface area contributed by atoms with E-state index in [4.69, 9.17) is 9.47 Å². The third kappa shape index (κ3) is 5.65. The molecule has 0 saturated heterocycles. The summed E-state index contributed by atoms with van der Waals surface area (Å²) < 4.78 is 48.6. The van der Waals surface area contributed by atoms with Crippen LogP contribution in [0.3, 0.4) is 0 Å². The average Bonchev–Trinajstić information content (AvgIpc) is 3.04. The van der Waals surface area contributed by atoms with Crippen molar-refractivity contribution in [3.8, 4) is 11.6 Å². The highest BCUT2D eigenvalue weighted by Gasteiger charge is 2.45. The predicted molar refractivity (Wildman–Crippen MR) is 104 cm³/mol. The zero-order valence-electron chi connectivity index (χ0n) is 16.7. The van der Waals surface area contributed by atoms with Crippen molar-refractivity contribution in [1.29, 1.82) is 0 Å².